The number of rotatable bonds is 6. The Labute approximate surface area is 131 Å². The number of nitrogens with zero attached hydrogens (tertiary/aromatic N) is 1. The summed E-state index contributed by atoms with van der Waals surface area (Å²) in [6.45, 7) is 1.04. The number of aliphatic hydroxyl groups is 1. The second kappa shape index (κ2) is 7.73. The van der Waals surface area contributed by atoms with Crippen LogP contribution in [0, 0.1) is 0 Å². The molecule has 22 heavy (non-hydrogen) atoms. The Morgan fingerprint density at radius 1 is 1.09 bits per heavy atom. The van der Waals surface area contributed by atoms with E-state index in [-0.39, 0.29) is 12.5 Å². The molecule has 0 fully saturated rings. The van der Waals surface area contributed by atoms with Crippen LogP contribution in [-0.2, 0) is 6.54 Å². The quantitative estimate of drug-likeness (QED) is 0.860. The SMILES string of the molecule is CN(C)Cc1ccc(C(=O)NC[C@@H](O)c2ccccc2)cc1. The van der Waals surface area contributed by atoms with Crippen LogP contribution >= 0.6 is 0 Å². The van der Waals surface area contributed by atoms with Crippen molar-refractivity contribution in [2.45, 2.75) is 12.6 Å². The van der Waals surface area contributed by atoms with E-state index in [1.54, 1.807) is 0 Å². The molecule has 0 saturated heterocycles. The van der Waals surface area contributed by atoms with E-state index in [0.29, 0.717) is 5.56 Å². The number of carbonyl (C=O) groups excluding carboxylic acids is 1. The summed E-state index contributed by atoms with van der Waals surface area (Å²) in [5.41, 5.74) is 2.55. The second-order valence-electron chi connectivity index (χ2n) is 5.57. The summed E-state index contributed by atoms with van der Waals surface area (Å²) < 4.78 is 0. The number of hydrogen-bond donors (Lipinski definition) is 2. The number of nitrogens with one attached hydrogen (secondary N) is 1. The Hall–Kier alpha value is -2.17. The first-order valence-electron chi connectivity index (χ1n) is 7.31. The Morgan fingerprint density at radius 3 is 2.32 bits per heavy atom. The van der Waals surface area contributed by atoms with Gasteiger partial charge in [-0.05, 0) is 37.4 Å². The van der Waals surface area contributed by atoms with Gasteiger partial charge in [-0.15, -0.1) is 0 Å². The van der Waals surface area contributed by atoms with Gasteiger partial charge in [-0.25, -0.2) is 0 Å². The zero-order valence-electron chi connectivity index (χ0n) is 13.0. The molecule has 2 aromatic carbocycles. The smallest absolute Gasteiger partial charge is 0.251 e. The lowest BCUT2D eigenvalue weighted by Gasteiger charge is -2.13. The Kier molecular flexibility index (Phi) is 5.69. The van der Waals surface area contributed by atoms with Crippen LogP contribution in [-0.4, -0.2) is 36.6 Å². The maximum atomic E-state index is 12.1. The average Bonchev–Trinajstić information content (AvgIpc) is 2.53. The molecule has 1 atom stereocenters. The van der Waals surface area contributed by atoms with Crippen molar-refractivity contribution in [3.05, 3.63) is 71.3 Å². The zero-order valence-corrected chi connectivity index (χ0v) is 13.0. The van der Waals surface area contributed by atoms with Crippen molar-refractivity contribution in [2.75, 3.05) is 20.6 Å². The van der Waals surface area contributed by atoms with E-state index in [0.717, 1.165) is 17.7 Å². The van der Waals surface area contributed by atoms with Gasteiger partial charge in [0, 0.05) is 18.7 Å². The highest BCUT2D eigenvalue weighted by Crippen LogP contribution is 2.11. The van der Waals surface area contributed by atoms with Crippen molar-refractivity contribution in [1.82, 2.24) is 10.2 Å². The molecule has 0 aliphatic rings. The highest BCUT2D eigenvalue weighted by Gasteiger charge is 2.10. The van der Waals surface area contributed by atoms with Gasteiger partial charge in [-0.3, -0.25) is 4.79 Å². The third-order valence-electron chi connectivity index (χ3n) is 3.36. The summed E-state index contributed by atoms with van der Waals surface area (Å²) >= 11 is 0. The minimum absolute atomic E-state index is 0.175. The van der Waals surface area contributed by atoms with Crippen molar-refractivity contribution in [3.63, 3.8) is 0 Å². The van der Waals surface area contributed by atoms with Crippen LogP contribution in [0.1, 0.15) is 27.6 Å². The maximum absolute atomic E-state index is 12.1. The van der Waals surface area contributed by atoms with Gasteiger partial charge in [0.05, 0.1) is 6.10 Å². The summed E-state index contributed by atoms with van der Waals surface area (Å²) in [5, 5.41) is 12.8. The van der Waals surface area contributed by atoms with Crippen LogP contribution < -0.4 is 5.32 Å². The molecule has 0 aliphatic heterocycles. The topological polar surface area (TPSA) is 52.6 Å². The van der Waals surface area contributed by atoms with E-state index in [1.165, 1.54) is 0 Å². The molecule has 0 aromatic heterocycles. The van der Waals surface area contributed by atoms with Gasteiger partial charge in [-0.2, -0.15) is 0 Å². The van der Waals surface area contributed by atoms with Crippen LogP contribution in [0.4, 0.5) is 0 Å². The molecule has 2 N–H and O–H groups in total. The van der Waals surface area contributed by atoms with Gasteiger partial charge in [0.25, 0.3) is 5.91 Å². The van der Waals surface area contributed by atoms with Crippen LogP contribution in [0.3, 0.4) is 0 Å². The van der Waals surface area contributed by atoms with Gasteiger partial charge in [0.2, 0.25) is 0 Å². The molecule has 4 nitrogen and oxygen atoms in total. The largest absolute Gasteiger partial charge is 0.387 e. The first-order valence-corrected chi connectivity index (χ1v) is 7.31. The van der Waals surface area contributed by atoms with Crippen molar-refractivity contribution in [3.8, 4) is 0 Å². The molecule has 1 amide bonds. The Balaban J connectivity index is 1.89. The first-order chi connectivity index (χ1) is 10.6. The third-order valence-corrected chi connectivity index (χ3v) is 3.36. The number of aliphatic hydroxyl groups excluding tert-OH is 1. The molecule has 0 spiro atoms. The molecule has 0 radical (unpaired) electrons. The summed E-state index contributed by atoms with van der Waals surface area (Å²) in [5.74, 6) is -0.175. The predicted octanol–water partition coefficient (Wildman–Crippen LogP) is 2.21. The van der Waals surface area contributed by atoms with Crippen molar-refractivity contribution >= 4 is 5.91 Å². The number of amides is 1. The Morgan fingerprint density at radius 2 is 1.73 bits per heavy atom. The molecule has 0 heterocycles. The zero-order chi connectivity index (χ0) is 15.9. The average molecular weight is 298 g/mol. The normalized spacial score (nSPS) is 12.2. The minimum atomic E-state index is -0.696. The van der Waals surface area contributed by atoms with E-state index >= 15 is 0 Å². The van der Waals surface area contributed by atoms with Crippen molar-refractivity contribution < 1.29 is 9.90 Å². The van der Waals surface area contributed by atoms with Gasteiger partial charge in [0.15, 0.2) is 0 Å². The van der Waals surface area contributed by atoms with Crippen LogP contribution in [0.25, 0.3) is 0 Å². The fraction of sp³-hybridized carbons (Fsp3) is 0.278. The van der Waals surface area contributed by atoms with E-state index in [9.17, 15) is 9.90 Å². The van der Waals surface area contributed by atoms with Crippen LogP contribution in [0.2, 0.25) is 0 Å². The highest BCUT2D eigenvalue weighted by atomic mass is 16.3. The molecule has 4 heteroatoms. The number of hydrogen-bond acceptors (Lipinski definition) is 3. The molecule has 2 aromatic rings. The summed E-state index contributed by atoms with van der Waals surface area (Å²) in [4.78, 5) is 14.2. The van der Waals surface area contributed by atoms with Crippen molar-refractivity contribution in [2.24, 2.45) is 0 Å². The van der Waals surface area contributed by atoms with Crippen LogP contribution in [0.5, 0.6) is 0 Å². The lowest BCUT2D eigenvalue weighted by atomic mass is 10.1. The monoisotopic (exact) mass is 298 g/mol. The lowest BCUT2D eigenvalue weighted by Crippen LogP contribution is -2.28. The van der Waals surface area contributed by atoms with Crippen LogP contribution in [0.15, 0.2) is 54.6 Å². The molecule has 2 rings (SSSR count). The number of benzene rings is 2. The Bertz CT molecular complexity index is 594. The van der Waals surface area contributed by atoms with E-state index in [2.05, 4.69) is 10.2 Å². The fourth-order valence-electron chi connectivity index (χ4n) is 2.21. The fourth-order valence-corrected chi connectivity index (χ4v) is 2.21. The summed E-state index contributed by atoms with van der Waals surface area (Å²) in [6, 6.07) is 16.8. The summed E-state index contributed by atoms with van der Waals surface area (Å²) in [7, 11) is 4.01. The van der Waals surface area contributed by atoms with Crippen molar-refractivity contribution in [1.29, 1.82) is 0 Å². The van der Waals surface area contributed by atoms with E-state index in [4.69, 9.17) is 0 Å². The summed E-state index contributed by atoms with van der Waals surface area (Å²) in [6.07, 6.45) is -0.696. The molecular weight excluding hydrogens is 276 g/mol. The van der Waals surface area contributed by atoms with E-state index < -0.39 is 6.10 Å². The minimum Gasteiger partial charge on any atom is -0.387 e. The molecular formula is C18H22N2O2. The van der Waals surface area contributed by atoms with E-state index in [1.807, 2.05) is 68.7 Å². The predicted molar refractivity (Wildman–Crippen MR) is 87.6 cm³/mol. The lowest BCUT2D eigenvalue weighted by molar-refractivity contribution is 0.0916. The molecule has 0 unspecified atom stereocenters. The second-order valence-corrected chi connectivity index (χ2v) is 5.57. The van der Waals surface area contributed by atoms with Gasteiger partial charge >= 0.3 is 0 Å². The maximum Gasteiger partial charge on any atom is 0.251 e. The third kappa shape index (κ3) is 4.69. The van der Waals surface area contributed by atoms with Gasteiger partial charge in [-0.1, -0.05) is 42.5 Å². The molecule has 0 saturated carbocycles. The molecule has 0 aliphatic carbocycles. The van der Waals surface area contributed by atoms with Gasteiger partial charge < -0.3 is 15.3 Å². The molecule has 116 valence electrons. The van der Waals surface area contributed by atoms with Gasteiger partial charge in [0.1, 0.15) is 0 Å². The highest BCUT2D eigenvalue weighted by molar-refractivity contribution is 5.94. The first kappa shape index (κ1) is 16.2. The number of carbonyl (C=O) groups is 1. The standard InChI is InChI=1S/C18H22N2O2/c1-20(2)13-14-8-10-16(11-9-14)18(22)19-12-17(21)15-6-4-3-5-7-15/h3-11,17,21H,12-13H2,1-2H3,(H,19,22)/t17-/m1/s1. The molecule has 0 bridgehead atoms.